The van der Waals surface area contributed by atoms with E-state index in [1.54, 1.807) is 11.8 Å². The van der Waals surface area contributed by atoms with Gasteiger partial charge in [-0.3, -0.25) is 4.57 Å². The Labute approximate surface area is 125 Å². The van der Waals surface area contributed by atoms with Gasteiger partial charge in [-0.1, -0.05) is 62.9 Å². The molecule has 0 aliphatic rings. The summed E-state index contributed by atoms with van der Waals surface area (Å²) in [6.07, 6.45) is 3.88. The molecule has 1 aromatic carbocycles. The molecule has 0 unspecified atom stereocenters. The molecule has 0 N–H and O–H groups in total. The van der Waals surface area contributed by atoms with Crippen LogP contribution in [0, 0.1) is 0 Å². The van der Waals surface area contributed by atoms with E-state index >= 15 is 0 Å². The minimum Gasteiger partial charge on any atom is -0.298 e. The van der Waals surface area contributed by atoms with Crippen molar-refractivity contribution in [3.8, 4) is 11.4 Å². The van der Waals surface area contributed by atoms with Crippen LogP contribution >= 0.6 is 11.8 Å². The number of nitrogens with zero attached hydrogens (tertiary/aromatic N) is 3. The summed E-state index contributed by atoms with van der Waals surface area (Å²) in [5.41, 5.74) is 2.58. The highest BCUT2D eigenvalue weighted by molar-refractivity contribution is 7.98. The highest BCUT2D eigenvalue weighted by Crippen LogP contribution is 2.27. The maximum Gasteiger partial charge on any atom is 0.191 e. The van der Waals surface area contributed by atoms with Crippen LogP contribution in [0.4, 0.5) is 0 Å². The molecular weight excluding hydrogens is 266 g/mol. The zero-order valence-electron chi connectivity index (χ0n) is 12.6. The molecule has 0 amide bonds. The van der Waals surface area contributed by atoms with Gasteiger partial charge in [0.2, 0.25) is 0 Å². The second-order valence-electron chi connectivity index (χ2n) is 5.74. The molecule has 4 heteroatoms. The molecule has 1 aromatic heterocycles. The smallest absolute Gasteiger partial charge is 0.191 e. The Hall–Kier alpha value is -1.55. The van der Waals surface area contributed by atoms with E-state index < -0.39 is 0 Å². The average Bonchev–Trinajstić information content (AvgIpc) is 2.81. The summed E-state index contributed by atoms with van der Waals surface area (Å²) < 4.78 is 2.09. The number of hydrogen-bond acceptors (Lipinski definition) is 3. The fourth-order valence-electron chi connectivity index (χ4n) is 2.07. The molecule has 106 valence electrons. The van der Waals surface area contributed by atoms with Crippen molar-refractivity contribution in [2.45, 2.75) is 37.9 Å². The van der Waals surface area contributed by atoms with E-state index in [1.807, 2.05) is 12.3 Å². The van der Waals surface area contributed by atoms with E-state index in [1.165, 1.54) is 5.56 Å². The van der Waals surface area contributed by atoms with Gasteiger partial charge in [0, 0.05) is 12.1 Å². The third-order valence-corrected chi connectivity index (χ3v) is 3.89. The summed E-state index contributed by atoms with van der Waals surface area (Å²) in [7, 11) is 0. The van der Waals surface area contributed by atoms with Crippen LogP contribution in [0.2, 0.25) is 0 Å². The SMILES string of the molecule is C=CCn1c(SC)nnc1-c1ccc(C(C)(C)C)cc1. The Kier molecular flexibility index (Phi) is 4.33. The van der Waals surface area contributed by atoms with E-state index in [2.05, 4.69) is 66.4 Å². The second-order valence-corrected chi connectivity index (χ2v) is 6.51. The number of allylic oxidation sites excluding steroid dienone is 1. The molecule has 0 aliphatic carbocycles. The lowest BCUT2D eigenvalue weighted by Gasteiger charge is -2.19. The molecule has 0 saturated heterocycles. The molecule has 0 bridgehead atoms. The predicted octanol–water partition coefficient (Wildman–Crippen LogP) is 4.15. The third-order valence-electron chi connectivity index (χ3n) is 3.22. The Bertz CT molecular complexity index is 591. The molecule has 20 heavy (non-hydrogen) atoms. The number of aromatic nitrogens is 3. The normalized spacial score (nSPS) is 11.6. The average molecular weight is 287 g/mol. The highest BCUT2D eigenvalue weighted by atomic mass is 32.2. The van der Waals surface area contributed by atoms with Gasteiger partial charge in [0.25, 0.3) is 0 Å². The first-order valence-corrected chi connectivity index (χ1v) is 7.89. The van der Waals surface area contributed by atoms with Crippen molar-refractivity contribution in [3.05, 3.63) is 42.5 Å². The van der Waals surface area contributed by atoms with Crippen molar-refractivity contribution < 1.29 is 0 Å². The molecule has 2 aromatic rings. The van der Waals surface area contributed by atoms with Gasteiger partial charge >= 0.3 is 0 Å². The number of thioether (sulfide) groups is 1. The first-order chi connectivity index (χ1) is 9.47. The Morgan fingerprint density at radius 1 is 1.20 bits per heavy atom. The van der Waals surface area contributed by atoms with Crippen molar-refractivity contribution >= 4 is 11.8 Å². The molecule has 1 heterocycles. The lowest BCUT2D eigenvalue weighted by atomic mass is 9.87. The minimum atomic E-state index is 0.164. The maximum absolute atomic E-state index is 4.31. The van der Waals surface area contributed by atoms with Gasteiger partial charge in [-0.25, -0.2) is 0 Å². The van der Waals surface area contributed by atoms with Crippen LogP contribution in [0.25, 0.3) is 11.4 Å². The summed E-state index contributed by atoms with van der Waals surface area (Å²) in [6, 6.07) is 8.57. The van der Waals surface area contributed by atoms with E-state index in [4.69, 9.17) is 0 Å². The monoisotopic (exact) mass is 287 g/mol. The van der Waals surface area contributed by atoms with Crippen molar-refractivity contribution in [2.24, 2.45) is 0 Å². The van der Waals surface area contributed by atoms with Crippen LogP contribution in [0.15, 0.2) is 42.1 Å². The van der Waals surface area contributed by atoms with E-state index in [9.17, 15) is 0 Å². The number of benzene rings is 1. The van der Waals surface area contributed by atoms with Gasteiger partial charge in [0.15, 0.2) is 11.0 Å². The van der Waals surface area contributed by atoms with Crippen LogP contribution in [-0.2, 0) is 12.0 Å². The Morgan fingerprint density at radius 2 is 1.85 bits per heavy atom. The molecular formula is C16H21N3S. The van der Waals surface area contributed by atoms with Crippen molar-refractivity contribution in [2.75, 3.05) is 6.26 Å². The minimum absolute atomic E-state index is 0.164. The Morgan fingerprint density at radius 3 is 2.35 bits per heavy atom. The van der Waals surface area contributed by atoms with Crippen LogP contribution in [0.1, 0.15) is 26.3 Å². The summed E-state index contributed by atoms with van der Waals surface area (Å²) in [4.78, 5) is 0. The summed E-state index contributed by atoms with van der Waals surface area (Å²) in [6.45, 7) is 11.2. The zero-order chi connectivity index (χ0) is 14.8. The molecule has 0 spiro atoms. The fraction of sp³-hybridized carbons (Fsp3) is 0.375. The molecule has 2 rings (SSSR count). The largest absolute Gasteiger partial charge is 0.298 e. The van der Waals surface area contributed by atoms with Gasteiger partial charge in [0.1, 0.15) is 0 Å². The highest BCUT2D eigenvalue weighted by Gasteiger charge is 2.15. The fourth-order valence-corrected chi connectivity index (χ4v) is 2.57. The predicted molar refractivity (Wildman–Crippen MR) is 86.1 cm³/mol. The quantitative estimate of drug-likeness (QED) is 0.625. The topological polar surface area (TPSA) is 30.7 Å². The first kappa shape index (κ1) is 14.9. The van der Waals surface area contributed by atoms with E-state index in [0.29, 0.717) is 0 Å². The molecule has 0 atom stereocenters. The van der Waals surface area contributed by atoms with Crippen LogP contribution in [-0.4, -0.2) is 21.0 Å². The lowest BCUT2D eigenvalue weighted by Crippen LogP contribution is -2.10. The summed E-state index contributed by atoms with van der Waals surface area (Å²) >= 11 is 1.60. The molecule has 3 nitrogen and oxygen atoms in total. The number of rotatable bonds is 4. The first-order valence-electron chi connectivity index (χ1n) is 6.66. The number of hydrogen-bond donors (Lipinski definition) is 0. The second kappa shape index (κ2) is 5.83. The van der Waals surface area contributed by atoms with E-state index in [-0.39, 0.29) is 5.41 Å². The molecule has 0 saturated carbocycles. The van der Waals surface area contributed by atoms with Crippen LogP contribution in [0.3, 0.4) is 0 Å². The Balaban J connectivity index is 2.41. The van der Waals surface area contributed by atoms with Crippen LogP contribution < -0.4 is 0 Å². The van der Waals surface area contributed by atoms with Gasteiger partial charge in [-0.15, -0.1) is 16.8 Å². The van der Waals surface area contributed by atoms with E-state index in [0.717, 1.165) is 23.1 Å². The van der Waals surface area contributed by atoms with Crippen molar-refractivity contribution in [3.63, 3.8) is 0 Å². The maximum atomic E-state index is 4.31. The zero-order valence-corrected chi connectivity index (χ0v) is 13.4. The molecule has 0 radical (unpaired) electrons. The van der Waals surface area contributed by atoms with Crippen molar-refractivity contribution in [1.29, 1.82) is 0 Å². The van der Waals surface area contributed by atoms with Gasteiger partial charge in [0.05, 0.1) is 0 Å². The van der Waals surface area contributed by atoms with Gasteiger partial charge < -0.3 is 0 Å². The van der Waals surface area contributed by atoms with Gasteiger partial charge in [-0.05, 0) is 17.2 Å². The van der Waals surface area contributed by atoms with Crippen LogP contribution in [0.5, 0.6) is 0 Å². The van der Waals surface area contributed by atoms with Crippen molar-refractivity contribution in [1.82, 2.24) is 14.8 Å². The molecule has 0 fully saturated rings. The third kappa shape index (κ3) is 2.96. The van der Waals surface area contributed by atoms with Gasteiger partial charge in [-0.2, -0.15) is 0 Å². The molecule has 0 aliphatic heterocycles. The summed E-state index contributed by atoms with van der Waals surface area (Å²) in [5.74, 6) is 0.898. The standard InChI is InChI=1S/C16H21N3S/c1-6-11-19-14(17-18-15(19)20-5)12-7-9-13(10-8-12)16(2,3)4/h6-10H,1,11H2,2-5H3. The lowest BCUT2D eigenvalue weighted by molar-refractivity contribution is 0.590. The summed E-state index contributed by atoms with van der Waals surface area (Å²) in [5, 5.41) is 9.46.